The standard InChI is InChI=1S/C17H19F2N3O2.C7H12O/c1-3-14(20)15-11(10-23)8-9-21-16(15)22-12-4-6-13(7-5-12)24-17(2,18)19;1-4-6(3)7(8)5-2/h4-9,20,23H,3,10H2,1-2H3,(H,21,22);5-6H,2,4H2,1,3H3. The lowest BCUT2D eigenvalue weighted by Gasteiger charge is -2.16. The third kappa shape index (κ3) is 8.55. The Morgan fingerprint density at radius 3 is 2.38 bits per heavy atom. The number of hydrogen-bond donors (Lipinski definition) is 3. The summed E-state index contributed by atoms with van der Waals surface area (Å²) in [7, 11) is 0. The molecule has 0 radical (unpaired) electrons. The Bertz CT molecular complexity index is 910. The van der Waals surface area contributed by atoms with E-state index in [1.807, 2.05) is 20.8 Å². The molecule has 8 heteroatoms. The summed E-state index contributed by atoms with van der Waals surface area (Å²) in [6, 6.07) is 7.65. The van der Waals surface area contributed by atoms with Crippen LogP contribution in [-0.4, -0.2) is 27.7 Å². The van der Waals surface area contributed by atoms with Crippen molar-refractivity contribution in [3.63, 3.8) is 0 Å². The topological polar surface area (TPSA) is 95.3 Å². The number of aliphatic hydroxyl groups is 1. The number of rotatable bonds is 10. The van der Waals surface area contributed by atoms with Crippen molar-refractivity contribution in [1.82, 2.24) is 4.98 Å². The Balaban J connectivity index is 0.000000547. The van der Waals surface area contributed by atoms with E-state index >= 15 is 0 Å². The SMILES string of the molecule is C=CC(=O)C(C)CC.CCC(=N)c1c(CO)ccnc1Nc1ccc(OC(C)(F)F)cc1. The molecule has 0 bridgehead atoms. The van der Waals surface area contributed by atoms with Crippen molar-refractivity contribution in [2.75, 3.05) is 5.32 Å². The van der Waals surface area contributed by atoms with Crippen molar-refractivity contribution in [1.29, 1.82) is 5.41 Å². The molecule has 2 rings (SSSR count). The maximum Gasteiger partial charge on any atom is 0.394 e. The van der Waals surface area contributed by atoms with Crippen LogP contribution in [0.25, 0.3) is 0 Å². The molecule has 1 aromatic heterocycles. The summed E-state index contributed by atoms with van der Waals surface area (Å²) in [6.07, 6.45) is 1.08. The summed E-state index contributed by atoms with van der Waals surface area (Å²) in [6.45, 7) is 9.60. The van der Waals surface area contributed by atoms with Crippen LogP contribution in [0.4, 0.5) is 20.3 Å². The van der Waals surface area contributed by atoms with Crippen LogP contribution in [0, 0.1) is 11.3 Å². The van der Waals surface area contributed by atoms with Gasteiger partial charge >= 0.3 is 6.11 Å². The molecule has 174 valence electrons. The van der Waals surface area contributed by atoms with Crippen molar-refractivity contribution in [3.05, 3.63) is 60.3 Å². The van der Waals surface area contributed by atoms with E-state index < -0.39 is 6.11 Å². The molecule has 0 fully saturated rings. The fourth-order valence-electron chi connectivity index (χ4n) is 2.59. The lowest BCUT2D eigenvalue weighted by atomic mass is 10.0. The zero-order valence-corrected chi connectivity index (χ0v) is 18.9. The van der Waals surface area contributed by atoms with Crippen LogP contribution in [0.5, 0.6) is 5.75 Å². The number of nitrogens with one attached hydrogen (secondary N) is 2. The van der Waals surface area contributed by atoms with Gasteiger partial charge in [-0.05, 0) is 54.8 Å². The molecule has 0 amide bonds. The Hall–Kier alpha value is -3.13. The van der Waals surface area contributed by atoms with Gasteiger partial charge < -0.3 is 20.6 Å². The normalized spacial score (nSPS) is 11.6. The van der Waals surface area contributed by atoms with Crippen LogP contribution in [0.3, 0.4) is 0 Å². The van der Waals surface area contributed by atoms with Crippen molar-refractivity contribution in [2.45, 2.75) is 53.3 Å². The number of halogens is 2. The van der Waals surface area contributed by atoms with Gasteiger partial charge in [0.25, 0.3) is 0 Å². The lowest BCUT2D eigenvalue weighted by Crippen LogP contribution is -2.18. The number of hydrogen-bond acceptors (Lipinski definition) is 6. The van der Waals surface area contributed by atoms with E-state index in [4.69, 9.17) is 5.41 Å². The average molecular weight is 448 g/mol. The van der Waals surface area contributed by atoms with Crippen LogP contribution in [0.15, 0.2) is 49.2 Å². The summed E-state index contributed by atoms with van der Waals surface area (Å²) in [4.78, 5) is 14.8. The molecule has 0 saturated carbocycles. The highest BCUT2D eigenvalue weighted by atomic mass is 19.3. The van der Waals surface area contributed by atoms with Crippen molar-refractivity contribution < 1.29 is 23.4 Å². The van der Waals surface area contributed by atoms with Gasteiger partial charge in [0.2, 0.25) is 0 Å². The van der Waals surface area contributed by atoms with Crippen LogP contribution in [-0.2, 0) is 11.4 Å². The summed E-state index contributed by atoms with van der Waals surface area (Å²) >= 11 is 0. The van der Waals surface area contributed by atoms with E-state index in [9.17, 15) is 18.7 Å². The third-order valence-corrected chi connectivity index (χ3v) is 4.58. The highest BCUT2D eigenvalue weighted by Crippen LogP contribution is 2.26. The molecule has 1 unspecified atom stereocenters. The summed E-state index contributed by atoms with van der Waals surface area (Å²) in [5.74, 6) is 0.787. The molecular weight excluding hydrogens is 416 g/mol. The molecule has 3 N–H and O–H groups in total. The smallest absolute Gasteiger partial charge is 0.394 e. The molecule has 0 saturated heterocycles. The molecule has 1 aromatic carbocycles. The predicted molar refractivity (Wildman–Crippen MR) is 123 cm³/mol. The number of alkyl halides is 2. The number of nitrogens with zero attached hydrogens (tertiary/aromatic N) is 1. The van der Waals surface area contributed by atoms with E-state index in [1.54, 1.807) is 18.2 Å². The molecule has 1 atom stereocenters. The molecule has 6 nitrogen and oxygen atoms in total. The van der Waals surface area contributed by atoms with Gasteiger partial charge in [-0.15, -0.1) is 0 Å². The molecule has 2 aromatic rings. The maximum absolute atomic E-state index is 12.8. The van der Waals surface area contributed by atoms with Gasteiger partial charge in [0, 0.05) is 36.0 Å². The summed E-state index contributed by atoms with van der Waals surface area (Å²) in [5, 5.41) is 20.6. The Kier molecular flexibility index (Phi) is 10.6. The Labute approximate surface area is 187 Å². The minimum absolute atomic E-state index is 0.0478. The number of aromatic nitrogens is 1. The van der Waals surface area contributed by atoms with Crippen molar-refractivity contribution in [2.24, 2.45) is 5.92 Å². The van der Waals surface area contributed by atoms with Crippen LogP contribution < -0.4 is 10.1 Å². The van der Waals surface area contributed by atoms with Gasteiger partial charge in [0.05, 0.1) is 6.61 Å². The van der Waals surface area contributed by atoms with E-state index in [2.05, 4.69) is 21.6 Å². The molecule has 0 spiro atoms. The first-order valence-corrected chi connectivity index (χ1v) is 10.3. The van der Waals surface area contributed by atoms with Crippen LogP contribution in [0.2, 0.25) is 0 Å². The van der Waals surface area contributed by atoms with Gasteiger partial charge in [-0.1, -0.05) is 27.4 Å². The molecule has 0 aliphatic heterocycles. The quantitative estimate of drug-likeness (QED) is 0.312. The second kappa shape index (κ2) is 12.7. The summed E-state index contributed by atoms with van der Waals surface area (Å²) < 4.78 is 30.1. The van der Waals surface area contributed by atoms with Gasteiger partial charge in [0.1, 0.15) is 11.6 Å². The fourth-order valence-corrected chi connectivity index (χ4v) is 2.59. The third-order valence-electron chi connectivity index (χ3n) is 4.58. The second-order valence-electron chi connectivity index (χ2n) is 7.16. The van der Waals surface area contributed by atoms with Crippen LogP contribution in [0.1, 0.15) is 51.7 Å². The van der Waals surface area contributed by atoms with Gasteiger partial charge in [-0.3, -0.25) is 4.79 Å². The zero-order chi connectivity index (χ0) is 24.3. The number of ether oxygens (including phenoxy) is 1. The largest absolute Gasteiger partial charge is 0.433 e. The van der Waals surface area contributed by atoms with E-state index in [0.717, 1.165) is 6.42 Å². The van der Waals surface area contributed by atoms with E-state index in [1.165, 1.54) is 24.4 Å². The number of ketones is 1. The summed E-state index contributed by atoms with van der Waals surface area (Å²) in [5.41, 5.74) is 2.10. The predicted octanol–water partition coefficient (Wildman–Crippen LogP) is 5.87. The average Bonchev–Trinajstić information content (AvgIpc) is 2.78. The minimum atomic E-state index is -3.24. The van der Waals surface area contributed by atoms with Gasteiger partial charge in [-0.25, -0.2) is 4.98 Å². The lowest BCUT2D eigenvalue weighted by molar-refractivity contribution is -0.158. The van der Waals surface area contributed by atoms with Crippen LogP contribution >= 0.6 is 0 Å². The highest BCUT2D eigenvalue weighted by Gasteiger charge is 2.23. The number of carbonyl (C=O) groups is 1. The number of benzene rings is 1. The number of anilines is 2. The number of pyridine rings is 1. The fraction of sp³-hybridized carbons (Fsp3) is 0.375. The molecule has 32 heavy (non-hydrogen) atoms. The Morgan fingerprint density at radius 1 is 1.31 bits per heavy atom. The van der Waals surface area contributed by atoms with Crippen molar-refractivity contribution >= 4 is 23.0 Å². The maximum atomic E-state index is 12.8. The molecule has 1 heterocycles. The van der Waals surface area contributed by atoms with E-state index in [0.29, 0.717) is 41.7 Å². The number of aliphatic hydroxyl groups excluding tert-OH is 1. The van der Waals surface area contributed by atoms with Crippen molar-refractivity contribution in [3.8, 4) is 5.75 Å². The zero-order valence-electron chi connectivity index (χ0n) is 18.9. The number of allylic oxidation sites excluding steroid dienone is 1. The highest BCUT2D eigenvalue weighted by molar-refractivity contribution is 6.03. The molecular formula is C24H31F2N3O3. The first kappa shape index (κ1) is 26.9. The Morgan fingerprint density at radius 2 is 1.94 bits per heavy atom. The van der Waals surface area contributed by atoms with Gasteiger partial charge in [0.15, 0.2) is 5.78 Å². The second-order valence-corrected chi connectivity index (χ2v) is 7.16. The number of carbonyl (C=O) groups excluding carboxylic acids is 1. The molecule has 0 aliphatic carbocycles. The first-order valence-electron chi connectivity index (χ1n) is 10.3. The minimum Gasteiger partial charge on any atom is -0.433 e. The molecule has 0 aliphatic rings. The van der Waals surface area contributed by atoms with E-state index in [-0.39, 0.29) is 24.1 Å². The van der Waals surface area contributed by atoms with Gasteiger partial charge in [-0.2, -0.15) is 8.78 Å². The first-order chi connectivity index (χ1) is 15.1. The monoisotopic (exact) mass is 447 g/mol.